The van der Waals surface area contributed by atoms with Crippen LogP contribution in [0.4, 0.5) is 0 Å². The van der Waals surface area contributed by atoms with Gasteiger partial charge in [-0.15, -0.1) is 35.9 Å². The first-order chi connectivity index (χ1) is 21.0. The molecule has 0 aliphatic heterocycles. The Balaban J connectivity index is 0.000000251. The van der Waals surface area contributed by atoms with Gasteiger partial charge in [-0.2, -0.15) is 0 Å². The van der Waals surface area contributed by atoms with Gasteiger partial charge in [0.15, 0.2) is 0 Å². The predicted molar refractivity (Wildman–Crippen MR) is 173 cm³/mol. The summed E-state index contributed by atoms with van der Waals surface area (Å²) in [6, 6.07) is 45.4. The summed E-state index contributed by atoms with van der Waals surface area (Å²) in [6.07, 6.45) is 2.93. The van der Waals surface area contributed by atoms with E-state index in [0.717, 1.165) is 45.0 Å². The molecule has 0 saturated heterocycles. The minimum absolute atomic E-state index is 0. The van der Waals surface area contributed by atoms with Crippen molar-refractivity contribution in [3.8, 4) is 45.0 Å². The van der Waals surface area contributed by atoms with Crippen molar-refractivity contribution < 1.29 is 50.4 Å². The number of aromatic nitrogens is 4. The zero-order valence-corrected chi connectivity index (χ0v) is 29.8. The third-order valence-corrected chi connectivity index (χ3v) is 6.21. The maximum atomic E-state index is 8.56. The molecule has 6 nitrogen and oxygen atoms in total. The summed E-state index contributed by atoms with van der Waals surface area (Å²) in [4.78, 5) is 17.3. The summed E-state index contributed by atoms with van der Waals surface area (Å²) < 4.78 is 0. The van der Waals surface area contributed by atoms with E-state index in [4.69, 9.17) is 10.2 Å². The number of aliphatic hydroxyl groups excluding tert-OH is 2. The van der Waals surface area contributed by atoms with Gasteiger partial charge in [0.1, 0.15) is 12.7 Å². The molecule has 2 heterocycles. The van der Waals surface area contributed by atoms with Crippen LogP contribution in [0.25, 0.3) is 45.0 Å². The van der Waals surface area contributed by atoms with Crippen LogP contribution in [0.2, 0.25) is 0 Å². The van der Waals surface area contributed by atoms with Crippen LogP contribution in [0.1, 0.15) is 20.3 Å². The van der Waals surface area contributed by atoms with Crippen LogP contribution in [0, 0.1) is 6.07 Å². The zero-order valence-electron chi connectivity index (χ0n) is 25.0. The smallest absolute Gasteiger partial charge is 0.116 e. The number of aliphatic hydroxyl groups is 2. The Kier molecular flexibility index (Phi) is 16.9. The number of nitrogens with zero attached hydrogens (tertiary/aromatic N) is 4. The maximum Gasteiger partial charge on any atom is 0.116 e. The van der Waals surface area contributed by atoms with E-state index >= 15 is 0 Å². The molecular formula is C37H35Ir2N4O2-. The third-order valence-electron chi connectivity index (χ3n) is 6.21. The van der Waals surface area contributed by atoms with Crippen molar-refractivity contribution in [3.05, 3.63) is 146 Å². The number of hydrogen-bond donors (Lipinski definition) is 2. The first kappa shape index (κ1) is 37.4. The van der Waals surface area contributed by atoms with Crippen molar-refractivity contribution in [2.75, 3.05) is 0 Å². The van der Waals surface area contributed by atoms with Crippen molar-refractivity contribution >= 4 is 0 Å². The molecule has 0 aliphatic carbocycles. The van der Waals surface area contributed by atoms with E-state index < -0.39 is 0 Å². The van der Waals surface area contributed by atoms with Crippen molar-refractivity contribution in [1.82, 2.24) is 19.9 Å². The molecular weight excluding hydrogens is 917 g/mol. The van der Waals surface area contributed by atoms with E-state index in [-0.39, 0.29) is 52.4 Å². The molecule has 8 heteroatoms. The Morgan fingerprint density at radius 2 is 0.867 bits per heavy atom. The normalized spacial score (nSPS) is 11.1. The van der Waals surface area contributed by atoms with E-state index in [0.29, 0.717) is 6.42 Å². The predicted octanol–water partition coefficient (Wildman–Crippen LogP) is 7.55. The average molecular weight is 952 g/mol. The van der Waals surface area contributed by atoms with Crippen molar-refractivity contribution in [2.24, 2.45) is 0 Å². The number of rotatable bonds is 6. The molecule has 2 unspecified atom stereocenters. The summed E-state index contributed by atoms with van der Waals surface area (Å²) in [5, 5.41) is 17.1. The molecule has 2 aromatic heterocycles. The minimum Gasteiger partial charge on any atom is -0.393 e. The van der Waals surface area contributed by atoms with Crippen LogP contribution >= 0.6 is 0 Å². The Hall–Kier alpha value is -3.74. The average Bonchev–Trinajstić information content (AvgIpc) is 3.06. The van der Waals surface area contributed by atoms with Gasteiger partial charge in [-0.1, -0.05) is 97.1 Å². The molecule has 0 bridgehead atoms. The molecule has 2 atom stereocenters. The second-order valence-electron chi connectivity index (χ2n) is 9.89. The fourth-order valence-electron chi connectivity index (χ4n) is 4.21. The first-order valence-corrected chi connectivity index (χ1v) is 14.1. The van der Waals surface area contributed by atoms with Crippen molar-refractivity contribution in [2.45, 2.75) is 32.5 Å². The Labute approximate surface area is 292 Å². The summed E-state index contributed by atoms with van der Waals surface area (Å²) >= 11 is 0. The van der Waals surface area contributed by atoms with Gasteiger partial charge < -0.3 is 10.2 Å². The fraction of sp³-hybridized carbons (Fsp3) is 0.135. The first-order valence-electron chi connectivity index (χ1n) is 14.1. The van der Waals surface area contributed by atoms with Crippen molar-refractivity contribution in [1.29, 1.82) is 0 Å². The summed E-state index contributed by atoms with van der Waals surface area (Å²) in [7, 11) is 0. The topological polar surface area (TPSA) is 92.0 Å². The van der Waals surface area contributed by atoms with Gasteiger partial charge in [-0.25, -0.2) is 15.0 Å². The van der Waals surface area contributed by atoms with E-state index in [1.54, 1.807) is 26.5 Å². The van der Waals surface area contributed by atoms with Crippen LogP contribution in [0.3, 0.4) is 0 Å². The molecule has 0 aliphatic rings. The third kappa shape index (κ3) is 12.6. The Morgan fingerprint density at radius 3 is 1.20 bits per heavy atom. The zero-order chi connectivity index (χ0) is 30.3. The van der Waals surface area contributed by atoms with E-state index in [9.17, 15) is 0 Å². The van der Waals surface area contributed by atoms with E-state index in [2.05, 4.69) is 50.3 Å². The minimum atomic E-state index is -0.375. The van der Waals surface area contributed by atoms with Gasteiger partial charge in [0.25, 0.3) is 0 Å². The molecule has 6 rings (SSSR count). The summed E-state index contributed by atoms with van der Waals surface area (Å²) in [5.74, 6) is 0. The standard InChI is InChI=1S/C16H12N2.C16H11N2.C5H12O2.2Ir/c2*1-3-7-13(8-4-1)15-11-16(18-12-17-15)14-9-5-2-6-10-14;1-4(6)3-5(2)7;;/h1-12H;1-9,11-12H;4-7H,3H2,1-2H3;;/q;-1;;;. The van der Waals surface area contributed by atoms with Gasteiger partial charge in [0, 0.05) is 51.3 Å². The molecule has 6 aromatic rings. The molecule has 234 valence electrons. The van der Waals surface area contributed by atoms with Crippen LogP contribution in [-0.4, -0.2) is 42.4 Å². The SMILES string of the molecule is CC(O)CC(C)O.[Ir].[Ir].[c-]1ccccc1-c1cc(-c2ccccc2)ncn1.c1ccc(-c2cc(-c3ccccc3)ncn2)cc1. The monoisotopic (exact) mass is 953 g/mol. The number of hydrogen-bond acceptors (Lipinski definition) is 6. The van der Waals surface area contributed by atoms with Crippen LogP contribution in [0.15, 0.2) is 140 Å². The van der Waals surface area contributed by atoms with Crippen LogP contribution < -0.4 is 0 Å². The largest absolute Gasteiger partial charge is 0.393 e. The molecule has 2 N–H and O–H groups in total. The van der Waals surface area contributed by atoms with Gasteiger partial charge in [-0.05, 0) is 37.6 Å². The molecule has 0 fully saturated rings. The molecule has 2 radical (unpaired) electrons. The van der Waals surface area contributed by atoms with Gasteiger partial charge in [0.05, 0.1) is 29.3 Å². The maximum absolute atomic E-state index is 8.56. The van der Waals surface area contributed by atoms with Crippen LogP contribution in [0.5, 0.6) is 0 Å². The molecule has 0 saturated carbocycles. The van der Waals surface area contributed by atoms with Crippen molar-refractivity contribution in [3.63, 3.8) is 0 Å². The fourth-order valence-corrected chi connectivity index (χ4v) is 4.21. The quantitative estimate of drug-likeness (QED) is 0.168. The van der Waals surface area contributed by atoms with Gasteiger partial charge in [0.2, 0.25) is 0 Å². The second kappa shape index (κ2) is 20.3. The Bertz CT molecular complexity index is 1410. The Morgan fingerprint density at radius 1 is 0.511 bits per heavy atom. The van der Waals surface area contributed by atoms with E-state index in [1.807, 2.05) is 103 Å². The van der Waals surface area contributed by atoms with Gasteiger partial charge >= 0.3 is 0 Å². The number of benzene rings is 4. The van der Waals surface area contributed by atoms with E-state index in [1.165, 1.54) is 0 Å². The summed E-state index contributed by atoms with van der Waals surface area (Å²) in [5.41, 5.74) is 8.01. The summed E-state index contributed by atoms with van der Waals surface area (Å²) in [6.45, 7) is 3.32. The molecule has 0 amide bonds. The van der Waals surface area contributed by atoms with Gasteiger partial charge in [-0.3, -0.25) is 4.98 Å². The molecule has 4 aromatic carbocycles. The van der Waals surface area contributed by atoms with Crippen LogP contribution in [-0.2, 0) is 40.2 Å². The second-order valence-corrected chi connectivity index (χ2v) is 9.89. The molecule has 45 heavy (non-hydrogen) atoms. The molecule has 0 spiro atoms.